The molecule has 0 fully saturated rings. The first-order valence-corrected chi connectivity index (χ1v) is 5.53. The molecular weight excluding hydrogens is 238 g/mol. The first kappa shape index (κ1) is 11.8. The Morgan fingerprint density at radius 3 is 2.94 bits per heavy atom. The van der Waals surface area contributed by atoms with Gasteiger partial charge >= 0.3 is 0 Å². The average molecular weight is 250 g/mol. The molecule has 1 aromatic heterocycles. The molecule has 4 nitrogen and oxygen atoms in total. The van der Waals surface area contributed by atoms with E-state index in [1.165, 1.54) is 0 Å². The van der Waals surface area contributed by atoms with E-state index < -0.39 is 0 Å². The van der Waals surface area contributed by atoms with Crippen molar-refractivity contribution < 1.29 is 4.74 Å². The molecule has 0 aliphatic rings. The highest BCUT2D eigenvalue weighted by Crippen LogP contribution is 2.25. The second kappa shape index (κ2) is 5.12. The molecule has 2 aromatic rings. The maximum absolute atomic E-state index is 5.87. The minimum Gasteiger partial charge on any atom is -0.454 e. The fourth-order valence-corrected chi connectivity index (χ4v) is 1.58. The van der Waals surface area contributed by atoms with Crippen LogP contribution in [0.4, 0.5) is 0 Å². The molecular formula is C12H12ClN3O. The Morgan fingerprint density at radius 2 is 2.24 bits per heavy atom. The van der Waals surface area contributed by atoms with Crippen molar-refractivity contribution in [2.24, 2.45) is 5.73 Å². The number of nitrogens with zero attached hydrogens (tertiary/aromatic N) is 2. The Bertz CT molecular complexity index is 531. The predicted molar refractivity (Wildman–Crippen MR) is 66.2 cm³/mol. The molecule has 2 rings (SSSR count). The van der Waals surface area contributed by atoms with E-state index in [0.29, 0.717) is 34.6 Å². The lowest BCUT2D eigenvalue weighted by Gasteiger charge is -2.09. The molecule has 0 saturated heterocycles. The number of benzene rings is 1. The zero-order valence-corrected chi connectivity index (χ0v) is 10.1. The van der Waals surface area contributed by atoms with E-state index in [9.17, 15) is 0 Å². The molecule has 0 aliphatic carbocycles. The van der Waals surface area contributed by atoms with Crippen molar-refractivity contribution >= 4 is 11.6 Å². The molecule has 0 unspecified atom stereocenters. The van der Waals surface area contributed by atoms with E-state index in [1.54, 1.807) is 18.3 Å². The van der Waals surface area contributed by atoms with Crippen LogP contribution in [-0.4, -0.2) is 9.97 Å². The van der Waals surface area contributed by atoms with Crippen molar-refractivity contribution in [1.82, 2.24) is 9.97 Å². The van der Waals surface area contributed by atoms with Crippen LogP contribution in [0.15, 0.2) is 30.5 Å². The molecule has 0 aliphatic heterocycles. The van der Waals surface area contributed by atoms with Gasteiger partial charge in [-0.2, -0.15) is 0 Å². The molecule has 88 valence electrons. The summed E-state index contributed by atoms with van der Waals surface area (Å²) in [6.45, 7) is 2.11. The molecule has 17 heavy (non-hydrogen) atoms. The van der Waals surface area contributed by atoms with Crippen LogP contribution in [0.2, 0.25) is 5.02 Å². The van der Waals surface area contributed by atoms with E-state index in [1.807, 2.05) is 19.1 Å². The third-order valence-corrected chi connectivity index (χ3v) is 2.40. The molecule has 1 heterocycles. The summed E-state index contributed by atoms with van der Waals surface area (Å²) in [5.74, 6) is 1.86. The summed E-state index contributed by atoms with van der Waals surface area (Å²) in [6.07, 6.45) is 1.62. The van der Waals surface area contributed by atoms with Gasteiger partial charge in [0.05, 0.1) is 6.20 Å². The number of halogens is 1. The number of hydrogen-bond acceptors (Lipinski definition) is 4. The number of aryl methyl sites for hydroxylation is 1. The Balaban J connectivity index is 2.29. The van der Waals surface area contributed by atoms with Crippen LogP contribution in [0.1, 0.15) is 11.5 Å². The number of hydrogen-bond donors (Lipinski definition) is 1. The molecule has 1 aromatic carbocycles. The molecule has 0 bridgehead atoms. The van der Waals surface area contributed by atoms with Gasteiger partial charge in [-0.05, 0) is 25.1 Å². The summed E-state index contributed by atoms with van der Waals surface area (Å²) in [5, 5.41) is 0.616. The van der Waals surface area contributed by atoms with Crippen LogP contribution < -0.4 is 10.5 Å². The van der Waals surface area contributed by atoms with Gasteiger partial charge in [-0.15, -0.1) is 0 Å². The highest BCUT2D eigenvalue weighted by molar-refractivity contribution is 6.30. The van der Waals surface area contributed by atoms with Crippen molar-refractivity contribution in [3.8, 4) is 11.5 Å². The van der Waals surface area contributed by atoms with Crippen LogP contribution in [0.5, 0.6) is 11.5 Å². The van der Waals surface area contributed by atoms with Gasteiger partial charge in [0.2, 0.25) is 0 Å². The molecule has 0 spiro atoms. The first-order valence-electron chi connectivity index (χ1n) is 5.15. The van der Waals surface area contributed by atoms with Gasteiger partial charge in [0, 0.05) is 11.6 Å². The quantitative estimate of drug-likeness (QED) is 0.909. The molecule has 0 amide bonds. The van der Waals surface area contributed by atoms with E-state index in [2.05, 4.69) is 9.97 Å². The summed E-state index contributed by atoms with van der Waals surface area (Å²) in [4.78, 5) is 8.30. The van der Waals surface area contributed by atoms with Crippen molar-refractivity contribution in [1.29, 1.82) is 0 Å². The van der Waals surface area contributed by atoms with Gasteiger partial charge < -0.3 is 10.5 Å². The Labute approximate surface area is 104 Å². The summed E-state index contributed by atoms with van der Waals surface area (Å²) < 4.78 is 5.65. The van der Waals surface area contributed by atoms with Gasteiger partial charge in [-0.1, -0.05) is 17.7 Å². The van der Waals surface area contributed by atoms with Crippen LogP contribution in [-0.2, 0) is 6.54 Å². The summed E-state index contributed by atoms with van der Waals surface area (Å²) in [5.41, 5.74) is 6.28. The summed E-state index contributed by atoms with van der Waals surface area (Å²) in [7, 11) is 0. The lowest BCUT2D eigenvalue weighted by Crippen LogP contribution is -2.04. The van der Waals surface area contributed by atoms with Crippen molar-refractivity contribution in [3.05, 3.63) is 47.0 Å². The Morgan fingerprint density at radius 1 is 1.41 bits per heavy atom. The lowest BCUT2D eigenvalue weighted by molar-refractivity contribution is 0.468. The third-order valence-electron chi connectivity index (χ3n) is 2.17. The topological polar surface area (TPSA) is 61.0 Å². The zero-order valence-electron chi connectivity index (χ0n) is 9.35. The standard InChI is InChI=1S/C12H12ClN3O/c1-8-15-7-12(11(6-14)16-8)17-10-4-2-3-9(13)5-10/h2-5,7H,6,14H2,1H3. The normalized spacial score (nSPS) is 10.3. The average Bonchev–Trinajstić information content (AvgIpc) is 2.31. The first-order chi connectivity index (χ1) is 8.19. The van der Waals surface area contributed by atoms with Crippen LogP contribution in [0, 0.1) is 6.92 Å². The third kappa shape index (κ3) is 2.93. The number of nitrogens with two attached hydrogens (primary N) is 1. The second-order valence-corrected chi connectivity index (χ2v) is 3.93. The minimum atomic E-state index is 0.305. The van der Waals surface area contributed by atoms with Gasteiger partial charge in [0.1, 0.15) is 17.3 Å². The zero-order chi connectivity index (χ0) is 12.3. The van der Waals surface area contributed by atoms with Crippen LogP contribution in [0.25, 0.3) is 0 Å². The molecule has 5 heteroatoms. The lowest BCUT2D eigenvalue weighted by atomic mass is 10.3. The smallest absolute Gasteiger partial charge is 0.168 e. The van der Waals surface area contributed by atoms with E-state index >= 15 is 0 Å². The fourth-order valence-electron chi connectivity index (χ4n) is 1.39. The van der Waals surface area contributed by atoms with Crippen LogP contribution in [0.3, 0.4) is 0 Å². The van der Waals surface area contributed by atoms with E-state index in [4.69, 9.17) is 22.1 Å². The molecule has 2 N–H and O–H groups in total. The number of ether oxygens (including phenoxy) is 1. The largest absolute Gasteiger partial charge is 0.454 e. The van der Waals surface area contributed by atoms with Crippen molar-refractivity contribution in [3.63, 3.8) is 0 Å². The predicted octanol–water partition coefficient (Wildman–Crippen LogP) is 2.69. The maximum atomic E-state index is 5.87. The van der Waals surface area contributed by atoms with Gasteiger partial charge in [-0.25, -0.2) is 9.97 Å². The Kier molecular flexibility index (Phi) is 3.56. The Hall–Kier alpha value is -1.65. The van der Waals surface area contributed by atoms with E-state index in [-0.39, 0.29) is 0 Å². The van der Waals surface area contributed by atoms with Gasteiger partial charge in [0.25, 0.3) is 0 Å². The highest BCUT2D eigenvalue weighted by Gasteiger charge is 2.06. The molecule has 0 atom stereocenters. The minimum absolute atomic E-state index is 0.305. The van der Waals surface area contributed by atoms with E-state index in [0.717, 1.165) is 0 Å². The maximum Gasteiger partial charge on any atom is 0.168 e. The van der Waals surface area contributed by atoms with Crippen molar-refractivity contribution in [2.75, 3.05) is 0 Å². The van der Waals surface area contributed by atoms with Gasteiger partial charge in [0.15, 0.2) is 5.75 Å². The number of rotatable bonds is 3. The second-order valence-electron chi connectivity index (χ2n) is 3.49. The SMILES string of the molecule is Cc1ncc(Oc2cccc(Cl)c2)c(CN)n1. The molecule has 0 radical (unpaired) electrons. The summed E-state index contributed by atoms with van der Waals surface area (Å²) >= 11 is 5.87. The number of aromatic nitrogens is 2. The van der Waals surface area contributed by atoms with Crippen molar-refractivity contribution in [2.45, 2.75) is 13.5 Å². The van der Waals surface area contributed by atoms with Gasteiger partial charge in [-0.3, -0.25) is 0 Å². The van der Waals surface area contributed by atoms with Crippen LogP contribution >= 0.6 is 11.6 Å². The highest BCUT2D eigenvalue weighted by atomic mass is 35.5. The fraction of sp³-hybridized carbons (Fsp3) is 0.167. The monoisotopic (exact) mass is 249 g/mol. The summed E-state index contributed by atoms with van der Waals surface area (Å²) in [6, 6.07) is 7.13. The molecule has 0 saturated carbocycles.